The van der Waals surface area contributed by atoms with Gasteiger partial charge in [-0.3, -0.25) is 4.98 Å². The summed E-state index contributed by atoms with van der Waals surface area (Å²) in [5.74, 6) is 0.897. The van der Waals surface area contributed by atoms with Crippen molar-refractivity contribution in [2.24, 2.45) is 0 Å². The predicted octanol–water partition coefficient (Wildman–Crippen LogP) is 3.02. The van der Waals surface area contributed by atoms with E-state index in [0.29, 0.717) is 6.54 Å². The Bertz CT molecular complexity index is 662. The summed E-state index contributed by atoms with van der Waals surface area (Å²) in [5.41, 5.74) is 7.69. The van der Waals surface area contributed by atoms with Gasteiger partial charge >= 0.3 is 0 Å². The van der Waals surface area contributed by atoms with E-state index in [1.165, 1.54) is 0 Å². The van der Waals surface area contributed by atoms with E-state index in [1.807, 2.05) is 30.3 Å². The molecule has 0 radical (unpaired) electrons. The third kappa shape index (κ3) is 1.88. The molecule has 0 spiro atoms. The number of hydrogen-bond donors (Lipinski definition) is 2. The summed E-state index contributed by atoms with van der Waals surface area (Å²) in [4.78, 5) is 4.10. The summed E-state index contributed by atoms with van der Waals surface area (Å²) < 4.78 is 5.29. The third-order valence-corrected chi connectivity index (χ3v) is 2.88. The Morgan fingerprint density at radius 1 is 1.17 bits per heavy atom. The minimum Gasteiger partial charge on any atom is -0.467 e. The highest BCUT2D eigenvalue weighted by Crippen LogP contribution is 2.27. The Kier molecular flexibility index (Phi) is 2.61. The van der Waals surface area contributed by atoms with Gasteiger partial charge in [-0.2, -0.15) is 0 Å². The van der Waals surface area contributed by atoms with E-state index >= 15 is 0 Å². The standard InChI is InChI=1S/C14H13N3O/c15-13-3-4-14(11-5-6-16-9-12(11)13)17-8-10-2-1-7-18-10/h1-7,9,17H,8,15H2. The van der Waals surface area contributed by atoms with Crippen molar-refractivity contribution in [1.82, 2.24) is 4.98 Å². The first-order valence-electron chi connectivity index (χ1n) is 5.73. The quantitative estimate of drug-likeness (QED) is 0.689. The maximum absolute atomic E-state index is 5.93. The molecule has 2 heterocycles. The maximum Gasteiger partial charge on any atom is 0.122 e. The monoisotopic (exact) mass is 239 g/mol. The molecule has 4 heteroatoms. The number of pyridine rings is 1. The van der Waals surface area contributed by atoms with E-state index < -0.39 is 0 Å². The zero-order chi connectivity index (χ0) is 12.4. The Hall–Kier alpha value is -2.49. The van der Waals surface area contributed by atoms with E-state index in [9.17, 15) is 0 Å². The first kappa shape index (κ1) is 10.7. The fourth-order valence-electron chi connectivity index (χ4n) is 1.96. The number of benzene rings is 1. The van der Waals surface area contributed by atoms with Gasteiger partial charge in [-0.05, 0) is 30.3 Å². The second-order valence-corrected chi connectivity index (χ2v) is 4.06. The lowest BCUT2D eigenvalue weighted by molar-refractivity contribution is 0.518. The van der Waals surface area contributed by atoms with Crippen LogP contribution < -0.4 is 11.1 Å². The molecule has 18 heavy (non-hydrogen) atoms. The van der Waals surface area contributed by atoms with Crippen molar-refractivity contribution in [3.63, 3.8) is 0 Å². The number of fused-ring (bicyclic) bond motifs is 1. The molecule has 90 valence electrons. The first-order chi connectivity index (χ1) is 8.84. The Morgan fingerprint density at radius 2 is 2.11 bits per heavy atom. The van der Waals surface area contributed by atoms with Gasteiger partial charge in [0.1, 0.15) is 5.76 Å². The average molecular weight is 239 g/mol. The molecular formula is C14H13N3O. The number of nitrogen functional groups attached to an aromatic ring is 1. The van der Waals surface area contributed by atoms with Gasteiger partial charge in [0.05, 0.1) is 12.8 Å². The van der Waals surface area contributed by atoms with Crippen LogP contribution in [0.15, 0.2) is 53.4 Å². The zero-order valence-electron chi connectivity index (χ0n) is 9.76. The molecule has 0 aliphatic heterocycles. The van der Waals surface area contributed by atoms with Gasteiger partial charge in [0.15, 0.2) is 0 Å². The number of nitrogens with one attached hydrogen (secondary N) is 1. The van der Waals surface area contributed by atoms with Crippen molar-refractivity contribution in [3.8, 4) is 0 Å². The fraction of sp³-hybridized carbons (Fsp3) is 0.0714. The molecular weight excluding hydrogens is 226 g/mol. The van der Waals surface area contributed by atoms with Crippen LogP contribution >= 0.6 is 0 Å². The van der Waals surface area contributed by atoms with Crippen molar-refractivity contribution in [3.05, 3.63) is 54.7 Å². The molecule has 0 aliphatic carbocycles. The van der Waals surface area contributed by atoms with Crippen molar-refractivity contribution in [2.75, 3.05) is 11.1 Å². The van der Waals surface area contributed by atoms with Crippen molar-refractivity contribution >= 4 is 22.1 Å². The number of anilines is 2. The maximum atomic E-state index is 5.93. The summed E-state index contributed by atoms with van der Waals surface area (Å²) in [6, 6.07) is 9.63. The molecule has 0 aliphatic rings. The van der Waals surface area contributed by atoms with Crippen LogP contribution in [0.5, 0.6) is 0 Å². The van der Waals surface area contributed by atoms with Crippen LogP contribution in [0.25, 0.3) is 10.8 Å². The average Bonchev–Trinajstić information content (AvgIpc) is 2.92. The van der Waals surface area contributed by atoms with Crippen LogP contribution in [0.4, 0.5) is 11.4 Å². The first-order valence-corrected chi connectivity index (χ1v) is 5.73. The van der Waals surface area contributed by atoms with E-state index in [4.69, 9.17) is 10.2 Å². The smallest absolute Gasteiger partial charge is 0.122 e. The molecule has 0 unspecified atom stereocenters. The number of hydrogen-bond acceptors (Lipinski definition) is 4. The van der Waals surface area contributed by atoms with E-state index in [0.717, 1.165) is 27.9 Å². The molecule has 0 amide bonds. The lowest BCUT2D eigenvalue weighted by Gasteiger charge is -2.09. The lowest BCUT2D eigenvalue weighted by atomic mass is 10.1. The minimum atomic E-state index is 0.647. The largest absolute Gasteiger partial charge is 0.467 e. The molecule has 0 fully saturated rings. The van der Waals surface area contributed by atoms with Gasteiger partial charge in [0, 0.05) is 34.5 Å². The molecule has 4 nitrogen and oxygen atoms in total. The third-order valence-electron chi connectivity index (χ3n) is 2.88. The highest BCUT2D eigenvalue weighted by molar-refractivity contribution is 6.00. The summed E-state index contributed by atoms with van der Waals surface area (Å²) >= 11 is 0. The topological polar surface area (TPSA) is 64.1 Å². The van der Waals surface area contributed by atoms with Crippen LogP contribution in [0.1, 0.15) is 5.76 Å². The molecule has 3 rings (SSSR count). The number of nitrogens with two attached hydrogens (primary N) is 1. The highest BCUT2D eigenvalue weighted by Gasteiger charge is 2.04. The fourth-order valence-corrected chi connectivity index (χ4v) is 1.96. The predicted molar refractivity (Wildman–Crippen MR) is 72.2 cm³/mol. The van der Waals surface area contributed by atoms with Gasteiger partial charge in [-0.1, -0.05) is 0 Å². The van der Waals surface area contributed by atoms with Crippen LogP contribution in [0, 0.1) is 0 Å². The molecule has 0 saturated heterocycles. The Balaban J connectivity index is 1.94. The molecule has 3 aromatic rings. The highest BCUT2D eigenvalue weighted by atomic mass is 16.3. The summed E-state index contributed by atoms with van der Waals surface area (Å²) in [6.45, 7) is 0.647. The number of nitrogens with zero attached hydrogens (tertiary/aromatic N) is 1. The number of furan rings is 1. The number of rotatable bonds is 3. The van der Waals surface area contributed by atoms with Gasteiger partial charge in [0.25, 0.3) is 0 Å². The van der Waals surface area contributed by atoms with Crippen molar-refractivity contribution in [1.29, 1.82) is 0 Å². The second-order valence-electron chi connectivity index (χ2n) is 4.06. The van der Waals surface area contributed by atoms with Crippen LogP contribution in [-0.4, -0.2) is 4.98 Å². The lowest BCUT2D eigenvalue weighted by Crippen LogP contribution is -2.00. The second kappa shape index (κ2) is 4.41. The Morgan fingerprint density at radius 3 is 2.94 bits per heavy atom. The molecule has 2 aromatic heterocycles. The van der Waals surface area contributed by atoms with Crippen molar-refractivity contribution < 1.29 is 4.42 Å². The molecule has 3 N–H and O–H groups in total. The SMILES string of the molecule is Nc1ccc(NCc2ccco2)c2ccncc12. The number of aromatic nitrogens is 1. The minimum absolute atomic E-state index is 0.647. The summed E-state index contributed by atoms with van der Waals surface area (Å²) in [7, 11) is 0. The zero-order valence-corrected chi connectivity index (χ0v) is 9.76. The van der Waals surface area contributed by atoms with Gasteiger partial charge in [0.2, 0.25) is 0 Å². The van der Waals surface area contributed by atoms with E-state index in [2.05, 4.69) is 10.3 Å². The van der Waals surface area contributed by atoms with Gasteiger partial charge < -0.3 is 15.5 Å². The van der Waals surface area contributed by atoms with Crippen LogP contribution in [0.2, 0.25) is 0 Å². The summed E-state index contributed by atoms with van der Waals surface area (Å²) in [5, 5.41) is 5.37. The van der Waals surface area contributed by atoms with Crippen LogP contribution in [-0.2, 0) is 6.54 Å². The summed E-state index contributed by atoms with van der Waals surface area (Å²) in [6.07, 6.45) is 5.21. The molecule has 0 atom stereocenters. The molecule has 1 aromatic carbocycles. The van der Waals surface area contributed by atoms with E-state index in [1.54, 1.807) is 18.7 Å². The normalized spacial score (nSPS) is 10.7. The van der Waals surface area contributed by atoms with Crippen molar-refractivity contribution in [2.45, 2.75) is 6.54 Å². The van der Waals surface area contributed by atoms with Crippen LogP contribution in [0.3, 0.4) is 0 Å². The van der Waals surface area contributed by atoms with E-state index in [-0.39, 0.29) is 0 Å². The Labute approximate surface area is 104 Å². The molecule has 0 bridgehead atoms. The van der Waals surface area contributed by atoms with Gasteiger partial charge in [-0.25, -0.2) is 0 Å². The van der Waals surface area contributed by atoms with Gasteiger partial charge in [-0.15, -0.1) is 0 Å². The molecule has 0 saturated carbocycles.